The van der Waals surface area contributed by atoms with Crippen LogP contribution in [0, 0.1) is 5.92 Å². The Bertz CT molecular complexity index is 166. The molecule has 2 rings (SSSR count). The lowest BCUT2D eigenvalue weighted by Crippen LogP contribution is -2.27. The summed E-state index contributed by atoms with van der Waals surface area (Å²) in [6.45, 7) is 0.919. The summed E-state index contributed by atoms with van der Waals surface area (Å²) in [5, 5.41) is 9.47. The topological polar surface area (TPSA) is 29.5 Å². The molecule has 0 heterocycles. The molecule has 0 aromatic heterocycles. The smallest absolute Gasteiger partial charge is 0.0599 e. The predicted molar refractivity (Wildman–Crippen MR) is 56.2 cm³/mol. The van der Waals surface area contributed by atoms with Crippen LogP contribution in [0.15, 0.2) is 0 Å². The first-order valence-corrected chi connectivity index (χ1v) is 6.14. The maximum Gasteiger partial charge on any atom is 0.0599 e. The number of ether oxygens (including phenoxy) is 1. The maximum atomic E-state index is 9.47. The first-order valence-electron chi connectivity index (χ1n) is 6.14. The van der Waals surface area contributed by atoms with Crippen molar-refractivity contribution in [3.8, 4) is 0 Å². The van der Waals surface area contributed by atoms with Gasteiger partial charge in [-0.15, -0.1) is 0 Å². The molecule has 2 atom stereocenters. The minimum atomic E-state index is -0.0996. The fraction of sp³-hybridized carbons (Fsp3) is 1.00. The van der Waals surface area contributed by atoms with E-state index in [0.717, 1.165) is 38.2 Å². The van der Waals surface area contributed by atoms with Gasteiger partial charge in [0.15, 0.2) is 0 Å². The van der Waals surface area contributed by atoms with Crippen LogP contribution in [0.4, 0.5) is 0 Å². The summed E-state index contributed by atoms with van der Waals surface area (Å²) in [7, 11) is 0. The van der Waals surface area contributed by atoms with E-state index in [-0.39, 0.29) is 6.10 Å². The largest absolute Gasteiger partial charge is 0.393 e. The molecule has 0 saturated heterocycles. The van der Waals surface area contributed by atoms with Gasteiger partial charge in [-0.2, -0.15) is 0 Å². The van der Waals surface area contributed by atoms with Gasteiger partial charge in [0.2, 0.25) is 0 Å². The summed E-state index contributed by atoms with van der Waals surface area (Å²) in [4.78, 5) is 0. The van der Waals surface area contributed by atoms with E-state index in [2.05, 4.69) is 0 Å². The Morgan fingerprint density at radius 1 is 1.07 bits per heavy atom. The van der Waals surface area contributed by atoms with Gasteiger partial charge in [-0.25, -0.2) is 0 Å². The molecule has 82 valence electrons. The molecule has 1 N–H and O–H groups in total. The SMILES string of the molecule is OC1CCCC(OCCC2CCC2)C1. The third-order valence-electron chi connectivity index (χ3n) is 3.70. The Labute approximate surface area is 86.6 Å². The maximum absolute atomic E-state index is 9.47. The Kier molecular flexibility index (Phi) is 3.82. The summed E-state index contributed by atoms with van der Waals surface area (Å²) in [6, 6.07) is 0. The minimum Gasteiger partial charge on any atom is -0.393 e. The fourth-order valence-corrected chi connectivity index (χ4v) is 2.45. The van der Waals surface area contributed by atoms with E-state index in [4.69, 9.17) is 4.74 Å². The van der Waals surface area contributed by atoms with E-state index in [1.807, 2.05) is 0 Å². The first kappa shape index (κ1) is 10.4. The standard InChI is InChI=1S/C12H22O2/c13-11-5-2-6-12(9-11)14-8-7-10-3-1-4-10/h10-13H,1-9H2. The zero-order valence-electron chi connectivity index (χ0n) is 8.95. The van der Waals surface area contributed by atoms with Crippen molar-refractivity contribution >= 4 is 0 Å². The van der Waals surface area contributed by atoms with Crippen molar-refractivity contribution in [1.82, 2.24) is 0 Å². The van der Waals surface area contributed by atoms with Crippen LogP contribution in [0.25, 0.3) is 0 Å². The van der Waals surface area contributed by atoms with Crippen molar-refractivity contribution in [3.63, 3.8) is 0 Å². The molecule has 2 heteroatoms. The van der Waals surface area contributed by atoms with E-state index in [9.17, 15) is 5.11 Å². The second-order valence-electron chi connectivity index (χ2n) is 4.90. The van der Waals surface area contributed by atoms with Crippen molar-refractivity contribution in [2.24, 2.45) is 5.92 Å². The van der Waals surface area contributed by atoms with Crippen LogP contribution in [0.3, 0.4) is 0 Å². The van der Waals surface area contributed by atoms with Crippen molar-refractivity contribution < 1.29 is 9.84 Å². The van der Waals surface area contributed by atoms with Gasteiger partial charge >= 0.3 is 0 Å². The van der Waals surface area contributed by atoms with E-state index in [1.54, 1.807) is 0 Å². The summed E-state index contributed by atoms with van der Waals surface area (Å²) in [6.07, 6.45) is 9.87. The molecule has 2 saturated carbocycles. The van der Waals surface area contributed by atoms with Crippen LogP contribution in [0.2, 0.25) is 0 Å². The molecule has 0 aliphatic heterocycles. The van der Waals surface area contributed by atoms with E-state index < -0.39 is 0 Å². The van der Waals surface area contributed by atoms with Crippen molar-refractivity contribution in [2.75, 3.05) is 6.61 Å². The average Bonchev–Trinajstić information content (AvgIpc) is 2.09. The summed E-state index contributed by atoms with van der Waals surface area (Å²) >= 11 is 0. The Balaban J connectivity index is 1.55. The average molecular weight is 198 g/mol. The van der Waals surface area contributed by atoms with Crippen LogP contribution in [0.5, 0.6) is 0 Å². The Morgan fingerprint density at radius 2 is 1.86 bits per heavy atom. The fourth-order valence-electron chi connectivity index (χ4n) is 2.45. The molecule has 2 unspecified atom stereocenters. The van der Waals surface area contributed by atoms with Crippen molar-refractivity contribution in [2.45, 2.75) is 63.6 Å². The second-order valence-corrected chi connectivity index (χ2v) is 4.90. The van der Waals surface area contributed by atoms with E-state index in [1.165, 1.54) is 25.7 Å². The van der Waals surface area contributed by atoms with E-state index in [0.29, 0.717) is 6.10 Å². The molecular formula is C12H22O2. The van der Waals surface area contributed by atoms with Gasteiger partial charge in [0.1, 0.15) is 0 Å². The van der Waals surface area contributed by atoms with Crippen molar-refractivity contribution in [3.05, 3.63) is 0 Å². The number of aliphatic hydroxyl groups is 1. The number of hydrogen-bond donors (Lipinski definition) is 1. The number of aliphatic hydroxyl groups excluding tert-OH is 1. The zero-order valence-corrected chi connectivity index (χ0v) is 8.95. The molecule has 0 amide bonds. The molecular weight excluding hydrogens is 176 g/mol. The van der Waals surface area contributed by atoms with Gasteiger partial charge in [-0.05, 0) is 38.0 Å². The molecule has 2 aliphatic rings. The highest BCUT2D eigenvalue weighted by Gasteiger charge is 2.22. The quantitative estimate of drug-likeness (QED) is 0.752. The Hall–Kier alpha value is -0.0800. The highest BCUT2D eigenvalue weighted by Crippen LogP contribution is 2.30. The summed E-state index contributed by atoms with van der Waals surface area (Å²) in [5.41, 5.74) is 0. The van der Waals surface area contributed by atoms with Gasteiger partial charge in [-0.1, -0.05) is 19.3 Å². The first-order chi connectivity index (χ1) is 6.84. The highest BCUT2D eigenvalue weighted by molar-refractivity contribution is 4.73. The molecule has 0 bridgehead atoms. The molecule has 0 aromatic rings. The normalized spacial score (nSPS) is 34.1. The lowest BCUT2D eigenvalue weighted by atomic mass is 9.83. The molecule has 0 spiro atoms. The van der Waals surface area contributed by atoms with Crippen LogP contribution in [-0.4, -0.2) is 23.9 Å². The molecule has 2 nitrogen and oxygen atoms in total. The molecule has 0 radical (unpaired) electrons. The van der Waals surface area contributed by atoms with Crippen LogP contribution < -0.4 is 0 Å². The number of rotatable bonds is 4. The van der Waals surface area contributed by atoms with Crippen LogP contribution in [0.1, 0.15) is 51.4 Å². The second kappa shape index (κ2) is 5.13. The summed E-state index contributed by atoms with van der Waals surface area (Å²) < 4.78 is 5.80. The van der Waals surface area contributed by atoms with Gasteiger partial charge in [0.25, 0.3) is 0 Å². The van der Waals surface area contributed by atoms with Gasteiger partial charge in [-0.3, -0.25) is 0 Å². The third-order valence-corrected chi connectivity index (χ3v) is 3.70. The molecule has 2 aliphatic carbocycles. The van der Waals surface area contributed by atoms with Crippen LogP contribution >= 0.6 is 0 Å². The van der Waals surface area contributed by atoms with Gasteiger partial charge < -0.3 is 9.84 Å². The number of hydrogen-bond acceptors (Lipinski definition) is 2. The Morgan fingerprint density at radius 3 is 2.50 bits per heavy atom. The lowest BCUT2D eigenvalue weighted by Gasteiger charge is -2.29. The predicted octanol–water partition coefficient (Wildman–Crippen LogP) is 2.50. The van der Waals surface area contributed by atoms with Gasteiger partial charge in [0.05, 0.1) is 12.2 Å². The molecule has 14 heavy (non-hydrogen) atoms. The van der Waals surface area contributed by atoms with E-state index >= 15 is 0 Å². The van der Waals surface area contributed by atoms with Crippen LogP contribution in [-0.2, 0) is 4.74 Å². The van der Waals surface area contributed by atoms with Crippen molar-refractivity contribution in [1.29, 1.82) is 0 Å². The molecule has 0 aromatic carbocycles. The monoisotopic (exact) mass is 198 g/mol. The van der Waals surface area contributed by atoms with Gasteiger partial charge in [0, 0.05) is 6.61 Å². The molecule has 2 fully saturated rings. The summed E-state index contributed by atoms with van der Waals surface area (Å²) in [5.74, 6) is 0.948. The lowest BCUT2D eigenvalue weighted by molar-refractivity contribution is -0.0213. The highest BCUT2D eigenvalue weighted by atomic mass is 16.5. The minimum absolute atomic E-state index is 0.0996. The third kappa shape index (κ3) is 2.96. The zero-order chi connectivity index (χ0) is 9.80.